The summed E-state index contributed by atoms with van der Waals surface area (Å²) >= 11 is 11.6. The van der Waals surface area contributed by atoms with Crippen molar-refractivity contribution in [3.05, 3.63) is 22.2 Å². The fraction of sp³-hybridized carbons (Fsp3) is 0.455. The van der Waals surface area contributed by atoms with E-state index in [0.717, 1.165) is 0 Å². The van der Waals surface area contributed by atoms with Crippen LogP contribution in [0.15, 0.2) is 12.1 Å². The molecular formula is C11H15Cl2NO2. The molecule has 0 bridgehead atoms. The van der Waals surface area contributed by atoms with Crippen LogP contribution in [0.5, 0.6) is 5.75 Å². The van der Waals surface area contributed by atoms with Crippen LogP contribution in [-0.2, 0) is 0 Å². The highest BCUT2D eigenvalue weighted by molar-refractivity contribution is 6.37. The van der Waals surface area contributed by atoms with Gasteiger partial charge in [0.2, 0.25) is 0 Å². The first-order valence-corrected chi connectivity index (χ1v) is 5.64. The maximum Gasteiger partial charge on any atom is 0.152 e. The third kappa shape index (κ3) is 3.44. The lowest BCUT2D eigenvalue weighted by Crippen LogP contribution is -2.26. The van der Waals surface area contributed by atoms with Gasteiger partial charge >= 0.3 is 0 Å². The number of halogens is 2. The number of phenols is 1. The van der Waals surface area contributed by atoms with Crippen molar-refractivity contribution in [2.24, 2.45) is 5.41 Å². The van der Waals surface area contributed by atoms with Gasteiger partial charge in [0, 0.05) is 24.3 Å². The molecule has 0 saturated heterocycles. The molecule has 0 spiro atoms. The van der Waals surface area contributed by atoms with Crippen LogP contribution < -0.4 is 5.32 Å². The second kappa shape index (κ2) is 5.13. The summed E-state index contributed by atoms with van der Waals surface area (Å²) in [5.74, 6) is -0.115. The van der Waals surface area contributed by atoms with Crippen LogP contribution >= 0.6 is 23.2 Å². The molecule has 1 aromatic rings. The molecule has 0 amide bonds. The van der Waals surface area contributed by atoms with Crippen LogP contribution in [0.2, 0.25) is 10.0 Å². The molecule has 1 rings (SSSR count). The average Bonchev–Trinajstić information content (AvgIpc) is 2.23. The molecule has 0 unspecified atom stereocenters. The quantitative estimate of drug-likeness (QED) is 0.732. The van der Waals surface area contributed by atoms with Crippen molar-refractivity contribution >= 4 is 28.9 Å². The first-order valence-electron chi connectivity index (χ1n) is 4.88. The Hall–Kier alpha value is -0.640. The number of aromatic hydroxyl groups is 1. The monoisotopic (exact) mass is 263 g/mol. The Bertz CT molecular complexity index is 357. The van der Waals surface area contributed by atoms with E-state index in [9.17, 15) is 5.11 Å². The molecule has 1 aromatic carbocycles. The largest absolute Gasteiger partial charge is 0.505 e. The molecule has 3 nitrogen and oxygen atoms in total. The first-order chi connectivity index (χ1) is 7.35. The minimum Gasteiger partial charge on any atom is -0.505 e. The van der Waals surface area contributed by atoms with Gasteiger partial charge in [0.1, 0.15) is 0 Å². The van der Waals surface area contributed by atoms with Gasteiger partial charge in [-0.2, -0.15) is 0 Å². The van der Waals surface area contributed by atoms with Crippen LogP contribution in [-0.4, -0.2) is 23.4 Å². The Morgan fingerprint density at radius 2 is 1.75 bits per heavy atom. The Labute approximate surface area is 105 Å². The molecule has 0 radical (unpaired) electrons. The fourth-order valence-electron chi connectivity index (χ4n) is 1.06. The normalized spacial score (nSPS) is 11.6. The topological polar surface area (TPSA) is 52.5 Å². The summed E-state index contributed by atoms with van der Waals surface area (Å²) in [5.41, 5.74) is 0.492. The number of anilines is 1. The summed E-state index contributed by atoms with van der Waals surface area (Å²) in [6, 6.07) is 3.19. The lowest BCUT2D eigenvalue weighted by molar-refractivity contribution is 0.171. The highest BCUT2D eigenvalue weighted by atomic mass is 35.5. The molecule has 0 heterocycles. The van der Waals surface area contributed by atoms with Crippen molar-refractivity contribution in [3.63, 3.8) is 0 Å². The van der Waals surface area contributed by atoms with Crippen molar-refractivity contribution in [1.82, 2.24) is 0 Å². The van der Waals surface area contributed by atoms with Gasteiger partial charge in [-0.15, -0.1) is 0 Å². The zero-order valence-electron chi connectivity index (χ0n) is 9.22. The van der Waals surface area contributed by atoms with Gasteiger partial charge in [0.25, 0.3) is 0 Å². The van der Waals surface area contributed by atoms with Gasteiger partial charge in [0.15, 0.2) is 5.75 Å². The predicted octanol–water partition coefficient (Wildman–Crippen LogP) is 3.13. The Balaban J connectivity index is 2.76. The van der Waals surface area contributed by atoms with Crippen molar-refractivity contribution in [1.29, 1.82) is 0 Å². The van der Waals surface area contributed by atoms with E-state index in [0.29, 0.717) is 12.2 Å². The first kappa shape index (κ1) is 13.4. The fourth-order valence-corrected chi connectivity index (χ4v) is 1.55. The van der Waals surface area contributed by atoms with Gasteiger partial charge < -0.3 is 15.5 Å². The highest BCUT2D eigenvalue weighted by Gasteiger charge is 2.16. The Kier molecular flexibility index (Phi) is 4.30. The molecule has 0 fully saturated rings. The van der Waals surface area contributed by atoms with Crippen LogP contribution in [0.1, 0.15) is 13.8 Å². The second-order valence-corrected chi connectivity index (χ2v) is 5.28. The lowest BCUT2D eigenvalue weighted by atomic mass is 9.95. The molecule has 0 saturated carbocycles. The maximum absolute atomic E-state index is 9.37. The van der Waals surface area contributed by atoms with E-state index in [-0.39, 0.29) is 27.8 Å². The summed E-state index contributed by atoms with van der Waals surface area (Å²) in [4.78, 5) is 0. The van der Waals surface area contributed by atoms with E-state index in [1.54, 1.807) is 12.1 Å². The van der Waals surface area contributed by atoms with Crippen molar-refractivity contribution in [2.45, 2.75) is 13.8 Å². The van der Waals surface area contributed by atoms with Crippen LogP contribution in [0, 0.1) is 5.41 Å². The molecule has 5 heteroatoms. The summed E-state index contributed by atoms with van der Waals surface area (Å²) in [5, 5.41) is 22.0. The van der Waals surface area contributed by atoms with Gasteiger partial charge in [-0.25, -0.2) is 0 Å². The smallest absolute Gasteiger partial charge is 0.152 e. The van der Waals surface area contributed by atoms with Gasteiger partial charge in [-0.05, 0) is 12.1 Å². The van der Waals surface area contributed by atoms with Crippen molar-refractivity contribution < 1.29 is 10.2 Å². The predicted molar refractivity (Wildman–Crippen MR) is 67.5 cm³/mol. The van der Waals surface area contributed by atoms with Crippen LogP contribution in [0.4, 0.5) is 5.69 Å². The third-order valence-corrected chi connectivity index (χ3v) is 2.79. The highest BCUT2D eigenvalue weighted by Crippen LogP contribution is 2.34. The number of aliphatic hydroxyl groups is 1. The molecular weight excluding hydrogens is 249 g/mol. The summed E-state index contributed by atoms with van der Waals surface area (Å²) in [6.07, 6.45) is 0. The Morgan fingerprint density at radius 1 is 1.25 bits per heavy atom. The van der Waals surface area contributed by atoms with Gasteiger partial charge in [-0.3, -0.25) is 0 Å². The van der Waals surface area contributed by atoms with Crippen LogP contribution in [0.25, 0.3) is 0 Å². The summed E-state index contributed by atoms with van der Waals surface area (Å²) < 4.78 is 0. The molecule has 0 atom stereocenters. The van der Waals surface area contributed by atoms with E-state index >= 15 is 0 Å². The molecule has 0 aromatic heterocycles. The van der Waals surface area contributed by atoms with Crippen LogP contribution in [0.3, 0.4) is 0 Å². The van der Waals surface area contributed by atoms with E-state index in [1.807, 2.05) is 13.8 Å². The number of hydrogen-bond donors (Lipinski definition) is 3. The SMILES string of the molecule is CC(C)(CO)CNc1cc(Cl)c(O)c(Cl)c1. The van der Waals surface area contributed by atoms with Gasteiger partial charge in [-0.1, -0.05) is 37.0 Å². The standard InChI is InChI=1S/C11H15Cl2NO2/c1-11(2,6-15)5-14-7-3-8(12)10(16)9(13)4-7/h3-4,14-16H,5-6H2,1-2H3. The summed E-state index contributed by atoms with van der Waals surface area (Å²) in [7, 11) is 0. The molecule has 0 aliphatic carbocycles. The Morgan fingerprint density at radius 3 is 2.19 bits per heavy atom. The molecule has 0 aliphatic rings. The molecule has 90 valence electrons. The zero-order valence-corrected chi connectivity index (χ0v) is 10.7. The number of aliphatic hydroxyl groups excluding tert-OH is 1. The minimum atomic E-state index is -0.225. The van der Waals surface area contributed by atoms with Crippen molar-refractivity contribution in [3.8, 4) is 5.75 Å². The number of phenolic OH excluding ortho intramolecular Hbond substituents is 1. The molecule has 16 heavy (non-hydrogen) atoms. The summed E-state index contributed by atoms with van der Waals surface area (Å²) in [6.45, 7) is 4.54. The van der Waals surface area contributed by atoms with E-state index < -0.39 is 0 Å². The van der Waals surface area contributed by atoms with E-state index in [4.69, 9.17) is 28.3 Å². The maximum atomic E-state index is 9.37. The minimum absolute atomic E-state index is 0.0829. The third-order valence-electron chi connectivity index (χ3n) is 2.22. The number of hydrogen-bond acceptors (Lipinski definition) is 3. The second-order valence-electron chi connectivity index (χ2n) is 4.46. The van der Waals surface area contributed by atoms with E-state index in [1.165, 1.54) is 0 Å². The zero-order chi connectivity index (χ0) is 12.3. The lowest BCUT2D eigenvalue weighted by Gasteiger charge is -2.22. The molecule has 3 N–H and O–H groups in total. The number of rotatable bonds is 4. The van der Waals surface area contributed by atoms with E-state index in [2.05, 4.69) is 5.32 Å². The number of benzene rings is 1. The average molecular weight is 264 g/mol. The van der Waals surface area contributed by atoms with Gasteiger partial charge in [0.05, 0.1) is 10.0 Å². The molecule has 0 aliphatic heterocycles. The van der Waals surface area contributed by atoms with Crippen molar-refractivity contribution in [2.75, 3.05) is 18.5 Å². The number of nitrogens with one attached hydrogen (secondary N) is 1.